The second kappa shape index (κ2) is 3.89. The Bertz CT molecular complexity index is 69.0. The summed E-state index contributed by atoms with van der Waals surface area (Å²) in [6, 6.07) is 0.394. The molecule has 0 rings (SSSR count). The second-order valence-corrected chi connectivity index (χ2v) is 3.18. The summed E-state index contributed by atoms with van der Waals surface area (Å²) >= 11 is 0. The van der Waals surface area contributed by atoms with Crippen LogP contribution < -0.4 is 5.73 Å². The lowest BCUT2D eigenvalue weighted by Gasteiger charge is -2.21. The van der Waals surface area contributed by atoms with Crippen LogP contribution in [0.3, 0.4) is 0 Å². The first-order valence-electron chi connectivity index (χ1n) is 3.85. The minimum Gasteiger partial charge on any atom is -0.327 e. The first-order valence-corrected chi connectivity index (χ1v) is 3.85. The molecule has 0 saturated heterocycles. The molecule has 2 atom stereocenters. The van der Waals surface area contributed by atoms with Crippen LogP contribution in [0.4, 0.5) is 0 Å². The molecule has 1 heteroatoms. The van der Waals surface area contributed by atoms with Gasteiger partial charge in [0.2, 0.25) is 0 Å². The van der Waals surface area contributed by atoms with Gasteiger partial charge in [-0.3, -0.25) is 0 Å². The van der Waals surface area contributed by atoms with E-state index in [9.17, 15) is 0 Å². The molecule has 0 aliphatic rings. The van der Waals surface area contributed by atoms with Gasteiger partial charge < -0.3 is 5.73 Å². The van der Waals surface area contributed by atoms with E-state index in [-0.39, 0.29) is 0 Å². The highest BCUT2D eigenvalue weighted by Gasteiger charge is 2.13. The molecule has 56 valence electrons. The van der Waals surface area contributed by atoms with E-state index in [0.29, 0.717) is 12.0 Å². The molecule has 0 aromatic carbocycles. The normalized spacial score (nSPS) is 18.0. The molecule has 0 saturated carbocycles. The van der Waals surface area contributed by atoms with Crippen LogP contribution in [0.5, 0.6) is 0 Å². The average molecular weight is 129 g/mol. The monoisotopic (exact) mass is 129 g/mol. The van der Waals surface area contributed by atoms with Gasteiger partial charge in [-0.05, 0) is 18.3 Å². The summed E-state index contributed by atoms with van der Waals surface area (Å²) in [5.41, 5.74) is 5.82. The molecule has 0 aromatic heterocycles. The molecule has 1 nitrogen and oxygen atoms in total. The van der Waals surface area contributed by atoms with Crippen LogP contribution in [0.2, 0.25) is 0 Å². The van der Waals surface area contributed by atoms with E-state index >= 15 is 0 Å². The zero-order valence-corrected chi connectivity index (χ0v) is 7.02. The SMILES string of the molecule is CC[C@@H](N)[C@H](C)C(C)C. The Hall–Kier alpha value is -0.0400. The predicted octanol–water partition coefficient (Wildman–Crippen LogP) is 2.02. The highest BCUT2D eigenvalue weighted by Crippen LogP contribution is 2.14. The van der Waals surface area contributed by atoms with Crippen molar-refractivity contribution >= 4 is 0 Å². The third-order valence-electron chi connectivity index (χ3n) is 2.20. The van der Waals surface area contributed by atoms with Crippen molar-refractivity contribution in [2.24, 2.45) is 17.6 Å². The van der Waals surface area contributed by atoms with E-state index in [1.54, 1.807) is 0 Å². The maximum absolute atomic E-state index is 5.82. The fraction of sp³-hybridized carbons (Fsp3) is 1.00. The summed E-state index contributed by atoms with van der Waals surface area (Å²) in [7, 11) is 0. The summed E-state index contributed by atoms with van der Waals surface area (Å²) < 4.78 is 0. The van der Waals surface area contributed by atoms with Crippen molar-refractivity contribution in [1.82, 2.24) is 0 Å². The fourth-order valence-corrected chi connectivity index (χ4v) is 0.866. The molecule has 0 unspecified atom stereocenters. The van der Waals surface area contributed by atoms with Crippen LogP contribution in [0.15, 0.2) is 0 Å². The average Bonchev–Trinajstić information content (AvgIpc) is 1.84. The molecule has 0 aliphatic carbocycles. The topological polar surface area (TPSA) is 26.0 Å². The van der Waals surface area contributed by atoms with Crippen molar-refractivity contribution < 1.29 is 0 Å². The Labute approximate surface area is 58.6 Å². The third-order valence-corrected chi connectivity index (χ3v) is 2.20. The minimum absolute atomic E-state index is 0.394. The first-order chi connectivity index (χ1) is 4.09. The van der Waals surface area contributed by atoms with E-state index in [0.717, 1.165) is 12.3 Å². The molecule has 2 N–H and O–H groups in total. The first kappa shape index (κ1) is 8.96. The lowest BCUT2D eigenvalue weighted by atomic mass is 9.90. The molecule has 0 spiro atoms. The molecule has 0 aliphatic heterocycles. The fourth-order valence-electron chi connectivity index (χ4n) is 0.866. The van der Waals surface area contributed by atoms with Crippen molar-refractivity contribution in [3.8, 4) is 0 Å². The number of hydrogen-bond acceptors (Lipinski definition) is 1. The maximum Gasteiger partial charge on any atom is 0.00643 e. The van der Waals surface area contributed by atoms with Gasteiger partial charge in [-0.1, -0.05) is 27.7 Å². The van der Waals surface area contributed by atoms with Gasteiger partial charge in [-0.25, -0.2) is 0 Å². The van der Waals surface area contributed by atoms with Crippen LogP contribution >= 0.6 is 0 Å². The largest absolute Gasteiger partial charge is 0.327 e. The number of rotatable bonds is 3. The van der Waals surface area contributed by atoms with E-state index in [4.69, 9.17) is 5.73 Å². The van der Waals surface area contributed by atoms with E-state index in [1.165, 1.54) is 0 Å². The van der Waals surface area contributed by atoms with Gasteiger partial charge in [0.1, 0.15) is 0 Å². The Kier molecular flexibility index (Phi) is 3.87. The van der Waals surface area contributed by atoms with Crippen molar-refractivity contribution in [3.05, 3.63) is 0 Å². The van der Waals surface area contributed by atoms with E-state index in [1.807, 2.05) is 0 Å². The zero-order valence-electron chi connectivity index (χ0n) is 7.02. The van der Waals surface area contributed by atoms with Crippen LogP contribution in [0, 0.1) is 11.8 Å². The van der Waals surface area contributed by atoms with Gasteiger partial charge in [-0.2, -0.15) is 0 Å². The molecule has 9 heavy (non-hydrogen) atoms. The van der Waals surface area contributed by atoms with Gasteiger partial charge >= 0.3 is 0 Å². The molecule has 0 aromatic rings. The summed E-state index contributed by atoms with van der Waals surface area (Å²) in [6.45, 7) is 8.81. The molecular formula is C8H19N. The molecule has 0 radical (unpaired) electrons. The highest BCUT2D eigenvalue weighted by molar-refractivity contribution is 4.69. The van der Waals surface area contributed by atoms with Crippen molar-refractivity contribution in [2.45, 2.75) is 40.2 Å². The Morgan fingerprint density at radius 2 is 1.67 bits per heavy atom. The van der Waals surface area contributed by atoms with E-state index in [2.05, 4.69) is 27.7 Å². The Morgan fingerprint density at radius 3 is 1.78 bits per heavy atom. The van der Waals surface area contributed by atoms with Crippen molar-refractivity contribution in [1.29, 1.82) is 0 Å². The molecule has 0 amide bonds. The van der Waals surface area contributed by atoms with Crippen LogP contribution in [0.1, 0.15) is 34.1 Å². The number of hydrogen-bond donors (Lipinski definition) is 1. The van der Waals surface area contributed by atoms with Gasteiger partial charge in [0, 0.05) is 6.04 Å². The predicted molar refractivity (Wildman–Crippen MR) is 42.3 cm³/mol. The third kappa shape index (κ3) is 2.85. The van der Waals surface area contributed by atoms with Crippen LogP contribution in [-0.2, 0) is 0 Å². The lowest BCUT2D eigenvalue weighted by molar-refractivity contribution is 0.340. The van der Waals surface area contributed by atoms with Gasteiger partial charge in [-0.15, -0.1) is 0 Å². The Balaban J connectivity index is 3.58. The lowest BCUT2D eigenvalue weighted by Crippen LogP contribution is -2.30. The highest BCUT2D eigenvalue weighted by atomic mass is 14.6. The van der Waals surface area contributed by atoms with Crippen LogP contribution in [-0.4, -0.2) is 6.04 Å². The Morgan fingerprint density at radius 1 is 1.22 bits per heavy atom. The van der Waals surface area contributed by atoms with Gasteiger partial charge in [0.25, 0.3) is 0 Å². The van der Waals surface area contributed by atoms with Crippen molar-refractivity contribution in [3.63, 3.8) is 0 Å². The second-order valence-electron chi connectivity index (χ2n) is 3.18. The smallest absolute Gasteiger partial charge is 0.00643 e. The standard InChI is InChI=1S/C8H19N/c1-5-8(9)7(4)6(2)3/h6-8H,5,9H2,1-4H3/t7-,8-/m1/s1. The summed E-state index contributed by atoms with van der Waals surface area (Å²) in [6.07, 6.45) is 1.10. The quantitative estimate of drug-likeness (QED) is 0.620. The summed E-state index contributed by atoms with van der Waals surface area (Å²) in [5.74, 6) is 1.38. The summed E-state index contributed by atoms with van der Waals surface area (Å²) in [5, 5.41) is 0. The molecule has 0 heterocycles. The van der Waals surface area contributed by atoms with Crippen molar-refractivity contribution in [2.75, 3.05) is 0 Å². The summed E-state index contributed by atoms with van der Waals surface area (Å²) in [4.78, 5) is 0. The molecule has 0 fully saturated rings. The molecule has 0 bridgehead atoms. The van der Waals surface area contributed by atoms with Gasteiger partial charge in [0.05, 0.1) is 0 Å². The van der Waals surface area contributed by atoms with Crippen LogP contribution in [0.25, 0.3) is 0 Å². The van der Waals surface area contributed by atoms with E-state index < -0.39 is 0 Å². The molecular weight excluding hydrogens is 110 g/mol. The number of nitrogens with two attached hydrogens (primary N) is 1. The maximum atomic E-state index is 5.82. The zero-order chi connectivity index (χ0) is 7.44. The minimum atomic E-state index is 0.394. The van der Waals surface area contributed by atoms with Gasteiger partial charge in [0.15, 0.2) is 0 Å².